The van der Waals surface area contributed by atoms with Crippen molar-refractivity contribution < 1.29 is 14.6 Å². The Morgan fingerprint density at radius 1 is 0.772 bits per heavy atom. The van der Waals surface area contributed by atoms with Gasteiger partial charge in [-0.05, 0) is 123 Å². The Hall–Kier alpha value is -4.81. The largest absolute Gasteiger partial charge is 0.507 e. The number of carbonyl (C=O) groups excluding carboxylic acids is 1. The van der Waals surface area contributed by atoms with E-state index in [1.54, 1.807) is 13.2 Å². The second kappa shape index (κ2) is 17.0. The standard InChI is InChI=1S/C50H52Cl2N2O3/c1-6-8-9-11-31(10-7-2)12-13-32-14-16-33(17-15-32)34-18-20-36(21-19-34)49(56)54(53)38-24-22-35(23-25-38)39-28-40-42(30-46(39)57-5)50(3,4)43-29-45(55)48-41(47(40)43)26-37(51)27-44(48)52/h14-31,55H,6-13,53H2,1-5H3. The van der Waals surface area contributed by atoms with E-state index in [1.165, 1.54) is 55.5 Å². The first-order chi connectivity index (χ1) is 27.4. The zero-order chi connectivity index (χ0) is 40.4. The van der Waals surface area contributed by atoms with Crippen molar-refractivity contribution in [1.82, 2.24) is 0 Å². The predicted octanol–water partition coefficient (Wildman–Crippen LogP) is 14.0. The third kappa shape index (κ3) is 8.03. The first-order valence-corrected chi connectivity index (χ1v) is 21.0. The number of methoxy groups -OCH3 is 1. The van der Waals surface area contributed by atoms with Gasteiger partial charge in [-0.2, -0.15) is 0 Å². The third-order valence-corrected chi connectivity index (χ3v) is 12.5. The molecule has 7 heteroatoms. The fourth-order valence-electron chi connectivity index (χ4n) is 8.71. The normalized spacial score (nSPS) is 13.3. The number of aromatic hydroxyl groups is 1. The molecule has 0 saturated heterocycles. The predicted molar refractivity (Wildman–Crippen MR) is 239 cm³/mol. The number of aryl methyl sites for hydroxylation is 1. The van der Waals surface area contributed by atoms with Gasteiger partial charge < -0.3 is 9.84 Å². The number of unbranched alkanes of at least 4 members (excludes halogenated alkanes) is 2. The first kappa shape index (κ1) is 40.4. The summed E-state index contributed by atoms with van der Waals surface area (Å²) in [6.45, 7) is 8.84. The lowest BCUT2D eigenvalue weighted by Gasteiger charge is -2.23. The van der Waals surface area contributed by atoms with Crippen LogP contribution in [0.2, 0.25) is 10.0 Å². The van der Waals surface area contributed by atoms with Gasteiger partial charge in [0.1, 0.15) is 11.5 Å². The minimum atomic E-state index is -0.421. The van der Waals surface area contributed by atoms with E-state index >= 15 is 0 Å². The number of rotatable bonds is 14. The molecule has 0 saturated carbocycles. The number of hydrogen-bond acceptors (Lipinski definition) is 4. The summed E-state index contributed by atoms with van der Waals surface area (Å²) in [6.07, 6.45) is 10.2. The molecule has 6 aromatic carbocycles. The lowest BCUT2D eigenvalue weighted by molar-refractivity contribution is 0.0987. The highest BCUT2D eigenvalue weighted by Gasteiger charge is 2.39. The zero-order valence-electron chi connectivity index (χ0n) is 33.6. The molecule has 0 radical (unpaired) electrons. The minimum Gasteiger partial charge on any atom is -0.507 e. The van der Waals surface area contributed by atoms with Crippen molar-refractivity contribution in [1.29, 1.82) is 0 Å². The Balaban J connectivity index is 1.08. The number of nitrogens with two attached hydrogens (primary N) is 1. The fraction of sp³-hybridized carbons (Fsp3) is 0.300. The number of halogens is 2. The zero-order valence-corrected chi connectivity index (χ0v) is 35.1. The van der Waals surface area contributed by atoms with E-state index < -0.39 is 5.41 Å². The van der Waals surface area contributed by atoms with Crippen LogP contribution in [0.4, 0.5) is 5.69 Å². The van der Waals surface area contributed by atoms with Crippen molar-refractivity contribution in [2.24, 2.45) is 11.8 Å². The van der Waals surface area contributed by atoms with E-state index in [0.717, 1.165) is 62.2 Å². The number of hydrogen-bond donors (Lipinski definition) is 2. The molecule has 3 N–H and O–H groups in total. The second-order valence-electron chi connectivity index (χ2n) is 16.0. The maximum absolute atomic E-state index is 13.6. The summed E-state index contributed by atoms with van der Waals surface area (Å²) >= 11 is 13.1. The SMILES string of the molecule is CCCCCC(CCC)CCc1ccc(-c2ccc(C(=O)N(N)c3ccc(-c4cc5c(cc4OC)C(C)(C)c4cc(O)c6c(Cl)cc(Cl)cc6c4-5)cc3)cc2)cc1. The number of nitrogens with zero attached hydrogens (tertiary/aromatic N) is 1. The topological polar surface area (TPSA) is 75.8 Å². The second-order valence-corrected chi connectivity index (χ2v) is 16.9. The molecule has 1 atom stereocenters. The summed E-state index contributed by atoms with van der Waals surface area (Å²) in [5.74, 6) is 7.79. The van der Waals surface area contributed by atoms with Gasteiger partial charge in [-0.25, -0.2) is 10.9 Å². The lowest BCUT2D eigenvalue weighted by Crippen LogP contribution is -2.37. The maximum atomic E-state index is 13.6. The molecule has 1 aliphatic carbocycles. The summed E-state index contributed by atoms with van der Waals surface area (Å²) in [5, 5.41) is 14.5. The van der Waals surface area contributed by atoms with Crippen LogP contribution in [0, 0.1) is 5.92 Å². The summed E-state index contributed by atoms with van der Waals surface area (Å²) < 4.78 is 5.95. The quantitative estimate of drug-likeness (QED) is 0.0498. The molecule has 1 aliphatic rings. The molecule has 0 aliphatic heterocycles. The van der Waals surface area contributed by atoms with Crippen LogP contribution in [-0.2, 0) is 11.8 Å². The van der Waals surface area contributed by atoms with Crippen LogP contribution in [-0.4, -0.2) is 18.1 Å². The van der Waals surface area contributed by atoms with Crippen molar-refractivity contribution in [3.8, 4) is 44.9 Å². The number of fused-ring (bicyclic) bond motifs is 5. The molecule has 0 fully saturated rings. The Bertz CT molecular complexity index is 2400. The minimum absolute atomic E-state index is 0.120. The average molecular weight is 800 g/mol. The van der Waals surface area contributed by atoms with Gasteiger partial charge in [0.15, 0.2) is 0 Å². The summed E-state index contributed by atoms with van der Waals surface area (Å²) in [6, 6.07) is 33.6. The average Bonchev–Trinajstić information content (AvgIpc) is 3.43. The van der Waals surface area contributed by atoms with Crippen molar-refractivity contribution in [3.63, 3.8) is 0 Å². The highest BCUT2D eigenvalue weighted by atomic mass is 35.5. The Labute approximate surface area is 347 Å². The van der Waals surface area contributed by atoms with Crippen molar-refractivity contribution in [3.05, 3.63) is 135 Å². The molecule has 57 heavy (non-hydrogen) atoms. The number of anilines is 1. The van der Waals surface area contributed by atoms with Crippen molar-refractivity contribution in [2.45, 2.75) is 84.5 Å². The molecule has 1 amide bonds. The monoisotopic (exact) mass is 798 g/mol. The first-order valence-electron chi connectivity index (χ1n) is 20.2. The van der Waals surface area contributed by atoms with Gasteiger partial charge in [-0.1, -0.05) is 138 Å². The van der Waals surface area contributed by atoms with Gasteiger partial charge in [-0.15, -0.1) is 0 Å². The van der Waals surface area contributed by atoms with E-state index in [4.69, 9.17) is 33.8 Å². The summed E-state index contributed by atoms with van der Waals surface area (Å²) in [5.41, 5.74) is 10.0. The highest BCUT2D eigenvalue weighted by Crippen LogP contribution is 2.56. The number of phenols is 1. The Morgan fingerprint density at radius 3 is 2.09 bits per heavy atom. The number of benzene rings is 6. The number of carbonyl (C=O) groups is 1. The van der Waals surface area contributed by atoms with Crippen LogP contribution < -0.4 is 15.6 Å². The van der Waals surface area contributed by atoms with Gasteiger partial charge in [0.25, 0.3) is 5.91 Å². The molecular formula is C50H52Cl2N2O3. The van der Waals surface area contributed by atoms with Gasteiger partial charge in [-0.3, -0.25) is 4.79 Å². The van der Waals surface area contributed by atoms with Crippen molar-refractivity contribution >= 4 is 45.6 Å². The van der Waals surface area contributed by atoms with Crippen LogP contribution in [0.3, 0.4) is 0 Å². The molecular weight excluding hydrogens is 747 g/mol. The van der Waals surface area contributed by atoms with Crippen LogP contribution in [0.1, 0.15) is 99.7 Å². The molecule has 7 rings (SSSR count). The van der Waals surface area contributed by atoms with Crippen LogP contribution >= 0.6 is 23.2 Å². The van der Waals surface area contributed by atoms with Gasteiger partial charge in [0.05, 0.1) is 17.8 Å². The van der Waals surface area contributed by atoms with E-state index in [9.17, 15) is 9.90 Å². The highest BCUT2D eigenvalue weighted by molar-refractivity contribution is 6.39. The van der Waals surface area contributed by atoms with Gasteiger partial charge in [0, 0.05) is 27.0 Å². The van der Waals surface area contributed by atoms with Crippen molar-refractivity contribution in [2.75, 3.05) is 12.1 Å². The molecule has 0 heterocycles. The van der Waals surface area contributed by atoms with E-state index in [0.29, 0.717) is 32.4 Å². The van der Waals surface area contributed by atoms with Crippen LogP contribution in [0.25, 0.3) is 44.2 Å². The maximum Gasteiger partial charge on any atom is 0.272 e. The molecule has 6 aromatic rings. The van der Waals surface area contributed by atoms with Gasteiger partial charge in [0.2, 0.25) is 0 Å². The Morgan fingerprint density at radius 2 is 1.44 bits per heavy atom. The number of phenolic OH excluding ortho intramolecular Hbond substituents is 1. The molecule has 5 nitrogen and oxygen atoms in total. The smallest absolute Gasteiger partial charge is 0.272 e. The van der Waals surface area contributed by atoms with E-state index in [1.807, 2.05) is 60.7 Å². The summed E-state index contributed by atoms with van der Waals surface area (Å²) in [7, 11) is 1.66. The fourth-order valence-corrected chi connectivity index (χ4v) is 9.30. The van der Waals surface area contributed by atoms with Gasteiger partial charge >= 0.3 is 0 Å². The third-order valence-electron chi connectivity index (χ3n) is 11.9. The molecule has 294 valence electrons. The lowest BCUT2D eigenvalue weighted by atomic mass is 9.81. The number of ether oxygens (including phenoxy) is 1. The molecule has 1 unspecified atom stereocenters. The number of amides is 1. The Kier molecular flexibility index (Phi) is 12.0. The van der Waals surface area contributed by atoms with Crippen LogP contribution in [0.15, 0.2) is 103 Å². The summed E-state index contributed by atoms with van der Waals surface area (Å²) in [4.78, 5) is 13.6. The van der Waals surface area contributed by atoms with E-state index in [-0.39, 0.29) is 11.7 Å². The van der Waals surface area contributed by atoms with Crippen LogP contribution in [0.5, 0.6) is 11.5 Å². The van der Waals surface area contributed by atoms with E-state index in [2.05, 4.69) is 64.1 Å². The molecule has 0 bridgehead atoms. The molecule has 0 aromatic heterocycles. The molecule has 0 spiro atoms. The number of hydrazine groups is 1.